The molecule has 0 spiro atoms. The summed E-state index contributed by atoms with van der Waals surface area (Å²) in [6.07, 6.45) is 15.1. The van der Waals surface area contributed by atoms with Gasteiger partial charge in [0.1, 0.15) is 0 Å². The van der Waals surface area contributed by atoms with Crippen LogP contribution in [0.3, 0.4) is 0 Å². The largest absolute Gasteiger partial charge is 0.396 e. The van der Waals surface area contributed by atoms with Crippen LogP contribution >= 0.6 is 0 Å². The second-order valence-electron chi connectivity index (χ2n) is 6.44. The molecule has 2 aliphatic rings. The van der Waals surface area contributed by atoms with Crippen LogP contribution in [-0.2, 0) is 0 Å². The summed E-state index contributed by atoms with van der Waals surface area (Å²) in [4.78, 5) is 0. The van der Waals surface area contributed by atoms with Crippen molar-refractivity contribution in [3.8, 4) is 0 Å². The molecule has 18 heavy (non-hydrogen) atoms. The van der Waals surface area contributed by atoms with Gasteiger partial charge in [0, 0.05) is 12.6 Å². The summed E-state index contributed by atoms with van der Waals surface area (Å²) in [5.74, 6) is 1.30. The predicted octanol–water partition coefficient (Wildman–Crippen LogP) is 3.49. The molecule has 2 fully saturated rings. The second-order valence-corrected chi connectivity index (χ2v) is 6.44. The zero-order valence-electron chi connectivity index (χ0n) is 11.9. The van der Waals surface area contributed by atoms with Crippen LogP contribution in [-0.4, -0.2) is 24.3 Å². The van der Waals surface area contributed by atoms with Crippen LogP contribution in [0.2, 0.25) is 0 Å². The molecule has 2 aliphatic carbocycles. The average molecular weight is 253 g/mol. The van der Waals surface area contributed by atoms with Crippen LogP contribution in [0.25, 0.3) is 0 Å². The molecule has 0 aromatic heterocycles. The summed E-state index contributed by atoms with van der Waals surface area (Å²) in [6.45, 7) is 1.55. The topological polar surface area (TPSA) is 32.3 Å². The molecule has 0 aromatic rings. The van der Waals surface area contributed by atoms with Crippen LogP contribution in [0.4, 0.5) is 0 Å². The molecule has 0 aliphatic heterocycles. The van der Waals surface area contributed by atoms with Crippen LogP contribution in [0.5, 0.6) is 0 Å². The van der Waals surface area contributed by atoms with E-state index in [1.54, 1.807) is 0 Å². The maximum Gasteiger partial charge on any atom is 0.0462 e. The highest BCUT2D eigenvalue weighted by atomic mass is 16.3. The van der Waals surface area contributed by atoms with Gasteiger partial charge in [0.25, 0.3) is 0 Å². The molecule has 2 N–H and O–H groups in total. The van der Waals surface area contributed by atoms with Crippen LogP contribution in [0, 0.1) is 11.8 Å². The van der Waals surface area contributed by atoms with Crippen molar-refractivity contribution in [1.82, 2.24) is 5.32 Å². The Labute approximate surface area is 113 Å². The van der Waals surface area contributed by atoms with Crippen molar-refractivity contribution in [1.29, 1.82) is 0 Å². The van der Waals surface area contributed by atoms with E-state index in [4.69, 9.17) is 0 Å². The summed E-state index contributed by atoms with van der Waals surface area (Å²) >= 11 is 0. The minimum absolute atomic E-state index is 0.400. The fraction of sp³-hybridized carbons (Fsp3) is 1.00. The third kappa shape index (κ3) is 4.55. The van der Waals surface area contributed by atoms with Crippen LogP contribution in [0.1, 0.15) is 70.6 Å². The molecule has 2 rings (SSSR count). The lowest BCUT2D eigenvalue weighted by Gasteiger charge is -2.32. The highest BCUT2D eigenvalue weighted by molar-refractivity contribution is 4.79. The van der Waals surface area contributed by atoms with E-state index in [2.05, 4.69) is 5.32 Å². The van der Waals surface area contributed by atoms with Gasteiger partial charge in [-0.3, -0.25) is 0 Å². The fourth-order valence-corrected chi connectivity index (χ4v) is 3.77. The SMILES string of the molecule is OCC1CCCCC1CNC1CCCCCCC1. The molecule has 0 radical (unpaired) electrons. The number of aliphatic hydroxyl groups excluding tert-OH is 1. The van der Waals surface area contributed by atoms with Gasteiger partial charge in [0.05, 0.1) is 0 Å². The van der Waals surface area contributed by atoms with Gasteiger partial charge >= 0.3 is 0 Å². The first kappa shape index (κ1) is 14.3. The molecule has 0 heterocycles. The Morgan fingerprint density at radius 2 is 1.28 bits per heavy atom. The Morgan fingerprint density at radius 1 is 0.722 bits per heavy atom. The van der Waals surface area contributed by atoms with Gasteiger partial charge in [-0.25, -0.2) is 0 Å². The summed E-state index contributed by atoms with van der Waals surface area (Å²) in [7, 11) is 0. The van der Waals surface area contributed by atoms with E-state index in [-0.39, 0.29) is 0 Å². The third-order valence-electron chi connectivity index (χ3n) is 5.07. The molecular weight excluding hydrogens is 222 g/mol. The Balaban J connectivity index is 1.71. The van der Waals surface area contributed by atoms with E-state index in [9.17, 15) is 5.11 Å². The Kier molecular flexibility index (Phi) is 6.50. The fourth-order valence-electron chi connectivity index (χ4n) is 3.77. The number of aliphatic hydroxyl groups is 1. The lowest BCUT2D eigenvalue weighted by atomic mass is 9.79. The highest BCUT2D eigenvalue weighted by Crippen LogP contribution is 2.29. The molecule has 106 valence electrons. The Hall–Kier alpha value is -0.0800. The number of nitrogens with one attached hydrogen (secondary N) is 1. The number of rotatable bonds is 4. The van der Waals surface area contributed by atoms with Gasteiger partial charge in [0.15, 0.2) is 0 Å². The van der Waals surface area contributed by atoms with Crippen LogP contribution in [0.15, 0.2) is 0 Å². The molecule has 0 saturated heterocycles. The van der Waals surface area contributed by atoms with Crippen molar-refractivity contribution in [2.45, 2.75) is 76.7 Å². The van der Waals surface area contributed by atoms with Crippen molar-refractivity contribution >= 4 is 0 Å². The summed E-state index contributed by atoms with van der Waals surface area (Å²) in [6, 6.07) is 0.756. The number of hydrogen-bond acceptors (Lipinski definition) is 2. The Morgan fingerprint density at radius 3 is 1.94 bits per heavy atom. The van der Waals surface area contributed by atoms with E-state index >= 15 is 0 Å². The maximum atomic E-state index is 9.45. The highest BCUT2D eigenvalue weighted by Gasteiger charge is 2.24. The van der Waals surface area contributed by atoms with Gasteiger partial charge in [-0.2, -0.15) is 0 Å². The molecule has 0 amide bonds. The molecule has 2 unspecified atom stereocenters. The van der Waals surface area contributed by atoms with E-state index < -0.39 is 0 Å². The molecule has 0 aromatic carbocycles. The molecular formula is C16H31NO. The zero-order chi connectivity index (χ0) is 12.6. The van der Waals surface area contributed by atoms with E-state index in [1.165, 1.54) is 70.6 Å². The standard InChI is InChI=1S/C16H31NO/c18-13-15-9-7-6-8-14(15)12-17-16-10-4-2-1-3-5-11-16/h14-18H,1-13H2. The first-order valence-electron chi connectivity index (χ1n) is 8.24. The molecule has 2 atom stereocenters. The average Bonchev–Trinajstić information content (AvgIpc) is 2.38. The summed E-state index contributed by atoms with van der Waals surface area (Å²) in [5.41, 5.74) is 0. The van der Waals surface area contributed by atoms with Crippen molar-refractivity contribution in [3.63, 3.8) is 0 Å². The molecule has 2 nitrogen and oxygen atoms in total. The first-order chi connectivity index (χ1) is 8.90. The minimum atomic E-state index is 0.400. The third-order valence-corrected chi connectivity index (χ3v) is 5.07. The lowest BCUT2D eigenvalue weighted by molar-refractivity contribution is 0.130. The van der Waals surface area contributed by atoms with Crippen molar-refractivity contribution in [2.24, 2.45) is 11.8 Å². The first-order valence-corrected chi connectivity index (χ1v) is 8.24. The maximum absolute atomic E-state index is 9.45. The number of hydrogen-bond donors (Lipinski definition) is 2. The summed E-state index contributed by atoms with van der Waals surface area (Å²) in [5, 5.41) is 13.3. The normalized spacial score (nSPS) is 31.8. The lowest BCUT2D eigenvalue weighted by Crippen LogP contribution is -2.38. The molecule has 0 bridgehead atoms. The van der Waals surface area contributed by atoms with Gasteiger partial charge in [0.2, 0.25) is 0 Å². The minimum Gasteiger partial charge on any atom is -0.396 e. The van der Waals surface area contributed by atoms with Crippen molar-refractivity contribution in [2.75, 3.05) is 13.2 Å². The Bertz CT molecular complexity index is 211. The zero-order valence-corrected chi connectivity index (χ0v) is 11.9. The van der Waals surface area contributed by atoms with Gasteiger partial charge in [-0.15, -0.1) is 0 Å². The predicted molar refractivity (Wildman–Crippen MR) is 76.6 cm³/mol. The van der Waals surface area contributed by atoms with Gasteiger partial charge < -0.3 is 10.4 Å². The molecule has 2 saturated carbocycles. The van der Waals surface area contributed by atoms with Crippen molar-refractivity contribution < 1.29 is 5.11 Å². The van der Waals surface area contributed by atoms with Gasteiger partial charge in [-0.1, -0.05) is 44.9 Å². The smallest absolute Gasteiger partial charge is 0.0462 e. The molecule has 2 heteroatoms. The quantitative estimate of drug-likeness (QED) is 0.804. The van der Waals surface area contributed by atoms with E-state index in [0.717, 1.165) is 18.5 Å². The monoisotopic (exact) mass is 253 g/mol. The second kappa shape index (κ2) is 8.16. The van der Waals surface area contributed by atoms with E-state index in [0.29, 0.717) is 12.5 Å². The summed E-state index contributed by atoms with van der Waals surface area (Å²) < 4.78 is 0. The van der Waals surface area contributed by atoms with E-state index in [1.807, 2.05) is 0 Å². The van der Waals surface area contributed by atoms with Crippen molar-refractivity contribution in [3.05, 3.63) is 0 Å². The van der Waals surface area contributed by atoms with Gasteiger partial charge in [-0.05, 0) is 44.1 Å². The van der Waals surface area contributed by atoms with Crippen LogP contribution < -0.4 is 5.32 Å².